The van der Waals surface area contributed by atoms with Gasteiger partial charge in [-0.2, -0.15) is 0 Å². The molecule has 0 aromatic carbocycles. The van der Waals surface area contributed by atoms with Crippen LogP contribution >= 0.6 is 15.9 Å². The van der Waals surface area contributed by atoms with E-state index in [0.717, 1.165) is 23.3 Å². The van der Waals surface area contributed by atoms with Gasteiger partial charge in [0, 0.05) is 0 Å². The van der Waals surface area contributed by atoms with Crippen LogP contribution in [0.3, 0.4) is 0 Å². The van der Waals surface area contributed by atoms with Gasteiger partial charge in [0.25, 0.3) is 0 Å². The van der Waals surface area contributed by atoms with Crippen LogP contribution in [0.1, 0.15) is 38.5 Å². The molecule has 0 aliphatic carbocycles. The maximum atomic E-state index is 5.94. The van der Waals surface area contributed by atoms with Gasteiger partial charge in [-0.05, 0) is 46.8 Å². The fraction of sp³-hybridized carbons (Fsp3) is 0.600. The smallest absolute Gasteiger partial charge is 0.169 e. The molecule has 0 saturated carbocycles. The van der Waals surface area contributed by atoms with E-state index in [1.54, 1.807) is 0 Å². The summed E-state index contributed by atoms with van der Waals surface area (Å²) in [6, 6.07) is 3.84. The summed E-state index contributed by atoms with van der Waals surface area (Å²) in [5, 5.41) is 0. The molecule has 1 aromatic rings. The van der Waals surface area contributed by atoms with E-state index in [4.69, 9.17) is 10.2 Å². The predicted octanol–water partition coefficient (Wildman–Crippen LogP) is 3.48. The lowest BCUT2D eigenvalue weighted by molar-refractivity contribution is 0.414. The highest BCUT2D eigenvalue weighted by Crippen LogP contribution is 2.23. The monoisotopic (exact) mass is 245 g/mol. The highest BCUT2D eigenvalue weighted by Gasteiger charge is 2.10. The molecule has 1 aromatic heterocycles. The molecule has 1 atom stereocenters. The Morgan fingerprint density at radius 1 is 1.38 bits per heavy atom. The zero-order chi connectivity index (χ0) is 9.84. The molecular weight excluding hydrogens is 230 g/mol. The van der Waals surface area contributed by atoms with Gasteiger partial charge in [-0.25, -0.2) is 0 Å². The van der Waals surface area contributed by atoms with Crippen molar-refractivity contribution in [3.63, 3.8) is 0 Å². The van der Waals surface area contributed by atoms with Crippen LogP contribution in [0.15, 0.2) is 21.2 Å². The molecule has 0 aliphatic heterocycles. The maximum absolute atomic E-state index is 5.94. The Balaban J connectivity index is 2.44. The Morgan fingerprint density at radius 2 is 2.08 bits per heavy atom. The van der Waals surface area contributed by atoms with Crippen LogP contribution < -0.4 is 5.73 Å². The number of hydrogen-bond donors (Lipinski definition) is 1. The van der Waals surface area contributed by atoms with Crippen LogP contribution in [0.25, 0.3) is 0 Å². The van der Waals surface area contributed by atoms with Crippen LogP contribution in [-0.4, -0.2) is 0 Å². The molecule has 0 amide bonds. The molecule has 2 nitrogen and oxygen atoms in total. The van der Waals surface area contributed by atoms with Crippen LogP contribution in [0.5, 0.6) is 0 Å². The zero-order valence-electron chi connectivity index (χ0n) is 8.09. The Bertz CT molecular complexity index is 257. The molecule has 0 saturated heterocycles. The second-order valence-electron chi connectivity index (χ2n) is 3.72. The van der Waals surface area contributed by atoms with E-state index in [9.17, 15) is 0 Å². The predicted molar refractivity (Wildman–Crippen MR) is 57.4 cm³/mol. The van der Waals surface area contributed by atoms with E-state index in [1.165, 1.54) is 0 Å². The molecule has 1 heterocycles. The van der Waals surface area contributed by atoms with Crippen molar-refractivity contribution >= 4 is 15.9 Å². The highest BCUT2D eigenvalue weighted by molar-refractivity contribution is 9.10. The summed E-state index contributed by atoms with van der Waals surface area (Å²) in [7, 11) is 0. The molecule has 0 unspecified atom stereocenters. The summed E-state index contributed by atoms with van der Waals surface area (Å²) in [5.74, 6) is 1.57. The van der Waals surface area contributed by atoms with Crippen molar-refractivity contribution in [2.45, 2.75) is 32.7 Å². The van der Waals surface area contributed by atoms with Crippen LogP contribution in [0.2, 0.25) is 0 Å². The van der Waals surface area contributed by atoms with Gasteiger partial charge < -0.3 is 10.2 Å². The van der Waals surface area contributed by atoms with Gasteiger partial charge in [0.1, 0.15) is 5.76 Å². The first-order chi connectivity index (χ1) is 6.09. The summed E-state index contributed by atoms with van der Waals surface area (Å²) >= 11 is 3.26. The number of furan rings is 1. The van der Waals surface area contributed by atoms with E-state index in [0.29, 0.717) is 5.92 Å². The first-order valence-electron chi connectivity index (χ1n) is 4.60. The summed E-state index contributed by atoms with van der Waals surface area (Å²) in [5.41, 5.74) is 5.94. The molecule has 1 rings (SSSR count). The fourth-order valence-corrected chi connectivity index (χ4v) is 1.50. The van der Waals surface area contributed by atoms with Gasteiger partial charge in [0.15, 0.2) is 4.67 Å². The number of hydrogen-bond acceptors (Lipinski definition) is 2. The minimum absolute atomic E-state index is 0.0358. The molecule has 13 heavy (non-hydrogen) atoms. The molecule has 0 spiro atoms. The van der Waals surface area contributed by atoms with E-state index in [-0.39, 0.29) is 6.04 Å². The zero-order valence-corrected chi connectivity index (χ0v) is 9.67. The summed E-state index contributed by atoms with van der Waals surface area (Å²) in [4.78, 5) is 0. The van der Waals surface area contributed by atoms with Gasteiger partial charge >= 0.3 is 0 Å². The van der Waals surface area contributed by atoms with Gasteiger partial charge in [-0.3, -0.25) is 0 Å². The van der Waals surface area contributed by atoms with Crippen molar-refractivity contribution in [2.75, 3.05) is 0 Å². The molecule has 0 aliphatic rings. The Labute approximate surface area is 87.6 Å². The summed E-state index contributed by atoms with van der Waals surface area (Å²) in [6.07, 6.45) is 2.12. The van der Waals surface area contributed by atoms with Crippen molar-refractivity contribution < 1.29 is 4.42 Å². The van der Waals surface area contributed by atoms with Crippen LogP contribution in [0.4, 0.5) is 0 Å². The highest BCUT2D eigenvalue weighted by atomic mass is 79.9. The third-order valence-electron chi connectivity index (χ3n) is 2.01. The standard InChI is InChI=1S/C10H16BrNO/c1-7(2)3-4-8(12)9-5-6-10(11)13-9/h5-8H,3-4,12H2,1-2H3/t8-/m0/s1. The lowest BCUT2D eigenvalue weighted by Gasteiger charge is -2.09. The largest absolute Gasteiger partial charge is 0.453 e. The van der Waals surface area contributed by atoms with E-state index in [1.807, 2.05) is 12.1 Å². The Kier molecular flexibility index (Phi) is 4.00. The van der Waals surface area contributed by atoms with E-state index >= 15 is 0 Å². The first kappa shape index (κ1) is 10.8. The van der Waals surface area contributed by atoms with Crippen LogP contribution in [0, 0.1) is 5.92 Å². The second-order valence-corrected chi connectivity index (χ2v) is 4.50. The third-order valence-corrected chi connectivity index (χ3v) is 2.44. The molecule has 0 bridgehead atoms. The SMILES string of the molecule is CC(C)CC[C@H](N)c1ccc(Br)o1. The molecule has 74 valence electrons. The summed E-state index contributed by atoms with van der Waals surface area (Å²) in [6.45, 7) is 4.40. The maximum Gasteiger partial charge on any atom is 0.169 e. The molecule has 0 radical (unpaired) electrons. The van der Waals surface area contributed by atoms with Crippen molar-refractivity contribution in [3.8, 4) is 0 Å². The van der Waals surface area contributed by atoms with E-state index in [2.05, 4.69) is 29.8 Å². The fourth-order valence-electron chi connectivity index (χ4n) is 1.18. The first-order valence-corrected chi connectivity index (χ1v) is 5.39. The van der Waals surface area contributed by atoms with Crippen molar-refractivity contribution in [2.24, 2.45) is 11.7 Å². The number of rotatable bonds is 4. The summed E-state index contributed by atoms with van der Waals surface area (Å²) < 4.78 is 6.12. The van der Waals surface area contributed by atoms with Gasteiger partial charge in [0.2, 0.25) is 0 Å². The molecule has 3 heteroatoms. The van der Waals surface area contributed by atoms with Gasteiger partial charge in [-0.15, -0.1) is 0 Å². The quantitative estimate of drug-likeness (QED) is 0.883. The lowest BCUT2D eigenvalue weighted by Crippen LogP contribution is -2.10. The van der Waals surface area contributed by atoms with Crippen molar-refractivity contribution in [1.29, 1.82) is 0 Å². The van der Waals surface area contributed by atoms with Crippen molar-refractivity contribution in [3.05, 3.63) is 22.6 Å². The average Bonchev–Trinajstić information content (AvgIpc) is 2.47. The third kappa shape index (κ3) is 3.53. The minimum Gasteiger partial charge on any atom is -0.453 e. The second kappa shape index (κ2) is 4.82. The normalized spacial score (nSPS) is 13.6. The Morgan fingerprint density at radius 3 is 2.54 bits per heavy atom. The number of nitrogens with two attached hydrogens (primary N) is 1. The van der Waals surface area contributed by atoms with E-state index < -0.39 is 0 Å². The number of halogens is 1. The minimum atomic E-state index is 0.0358. The lowest BCUT2D eigenvalue weighted by atomic mass is 10.0. The van der Waals surface area contributed by atoms with Crippen molar-refractivity contribution in [1.82, 2.24) is 0 Å². The molecule has 0 fully saturated rings. The van der Waals surface area contributed by atoms with Crippen LogP contribution in [-0.2, 0) is 0 Å². The van der Waals surface area contributed by atoms with Gasteiger partial charge in [0.05, 0.1) is 6.04 Å². The molecule has 2 N–H and O–H groups in total. The topological polar surface area (TPSA) is 39.2 Å². The van der Waals surface area contributed by atoms with Gasteiger partial charge in [-0.1, -0.05) is 13.8 Å². The average molecular weight is 246 g/mol. The Hall–Kier alpha value is -0.280. The molecular formula is C10H16BrNO.